The minimum Gasteiger partial charge on any atom is -0.308 e. The maximum atomic E-state index is 4.71. The van der Waals surface area contributed by atoms with Crippen LogP contribution in [-0.2, 0) is 6.42 Å². The van der Waals surface area contributed by atoms with Crippen LogP contribution in [0.25, 0.3) is 0 Å². The number of nitrogens with zero attached hydrogens (tertiary/aromatic N) is 2. The zero-order valence-corrected chi connectivity index (χ0v) is 12.9. The minimum absolute atomic E-state index is 0.291. The first kappa shape index (κ1) is 13.7. The number of likely N-dealkylation sites (N-methyl/N-ethyl adjacent to an activating group) is 1. The van der Waals surface area contributed by atoms with E-state index < -0.39 is 0 Å². The van der Waals surface area contributed by atoms with Crippen LogP contribution in [0.15, 0.2) is 23.7 Å². The molecule has 0 spiro atoms. The predicted molar refractivity (Wildman–Crippen MR) is 83.2 cm³/mol. The molecule has 106 valence electrons. The monoisotopic (exact) mass is 287 g/mol. The van der Waals surface area contributed by atoms with Crippen molar-refractivity contribution >= 4 is 11.3 Å². The van der Waals surface area contributed by atoms with Gasteiger partial charge in [0.05, 0.1) is 16.7 Å². The van der Waals surface area contributed by atoms with Crippen molar-refractivity contribution in [2.75, 3.05) is 6.54 Å². The van der Waals surface area contributed by atoms with E-state index in [4.69, 9.17) is 4.98 Å². The van der Waals surface area contributed by atoms with Gasteiger partial charge in [-0.25, -0.2) is 4.98 Å². The summed E-state index contributed by atoms with van der Waals surface area (Å²) in [6, 6.07) is 4.57. The first-order chi connectivity index (χ1) is 9.79. The molecule has 2 atom stereocenters. The Morgan fingerprint density at radius 2 is 2.40 bits per heavy atom. The number of aryl methyl sites for hydroxylation is 2. The van der Waals surface area contributed by atoms with E-state index in [1.165, 1.54) is 29.8 Å². The summed E-state index contributed by atoms with van der Waals surface area (Å²) < 4.78 is 0. The van der Waals surface area contributed by atoms with E-state index in [0.29, 0.717) is 12.0 Å². The number of hydrogen-bond donors (Lipinski definition) is 1. The largest absolute Gasteiger partial charge is 0.308 e. The van der Waals surface area contributed by atoms with Gasteiger partial charge in [0.25, 0.3) is 0 Å². The Kier molecular flexibility index (Phi) is 4.13. The SMILES string of the molecule is CCNC(c1csc(C)n1)C1CCCc2cccnc21. The second-order valence-corrected chi connectivity index (χ2v) is 6.44. The lowest BCUT2D eigenvalue weighted by Gasteiger charge is -2.31. The fourth-order valence-electron chi connectivity index (χ4n) is 3.17. The van der Waals surface area contributed by atoms with Gasteiger partial charge >= 0.3 is 0 Å². The minimum atomic E-state index is 0.291. The molecule has 2 aromatic heterocycles. The van der Waals surface area contributed by atoms with Crippen LogP contribution in [0, 0.1) is 6.92 Å². The Bertz CT molecular complexity index is 579. The lowest BCUT2D eigenvalue weighted by atomic mass is 9.81. The molecular weight excluding hydrogens is 266 g/mol. The van der Waals surface area contributed by atoms with Gasteiger partial charge in [0, 0.05) is 23.2 Å². The third kappa shape index (κ3) is 2.63. The molecule has 0 aromatic carbocycles. The van der Waals surface area contributed by atoms with Gasteiger partial charge in [0.2, 0.25) is 0 Å². The Morgan fingerprint density at radius 1 is 1.50 bits per heavy atom. The summed E-state index contributed by atoms with van der Waals surface area (Å²) in [6.45, 7) is 5.19. The number of rotatable bonds is 4. The Balaban J connectivity index is 1.96. The number of thiazole rings is 1. The van der Waals surface area contributed by atoms with Gasteiger partial charge in [-0.2, -0.15) is 0 Å². The zero-order chi connectivity index (χ0) is 13.9. The average Bonchev–Trinajstić information content (AvgIpc) is 2.91. The van der Waals surface area contributed by atoms with E-state index >= 15 is 0 Å². The number of pyridine rings is 1. The second-order valence-electron chi connectivity index (χ2n) is 5.37. The van der Waals surface area contributed by atoms with Crippen molar-refractivity contribution in [3.8, 4) is 0 Å². The number of aromatic nitrogens is 2. The van der Waals surface area contributed by atoms with E-state index in [-0.39, 0.29) is 0 Å². The van der Waals surface area contributed by atoms with Gasteiger partial charge < -0.3 is 5.32 Å². The Labute approximate surface area is 124 Å². The first-order valence-electron chi connectivity index (χ1n) is 7.38. The quantitative estimate of drug-likeness (QED) is 0.933. The zero-order valence-electron chi connectivity index (χ0n) is 12.1. The third-order valence-electron chi connectivity index (χ3n) is 4.02. The van der Waals surface area contributed by atoms with E-state index in [2.05, 4.69) is 41.7 Å². The molecular formula is C16H21N3S. The highest BCUT2D eigenvalue weighted by Gasteiger charge is 2.30. The molecule has 0 saturated heterocycles. The maximum Gasteiger partial charge on any atom is 0.0898 e. The number of nitrogens with one attached hydrogen (secondary N) is 1. The van der Waals surface area contributed by atoms with Crippen molar-refractivity contribution in [1.29, 1.82) is 0 Å². The molecule has 1 aliphatic carbocycles. The average molecular weight is 287 g/mol. The van der Waals surface area contributed by atoms with Gasteiger partial charge in [-0.05, 0) is 44.4 Å². The van der Waals surface area contributed by atoms with Crippen molar-refractivity contribution in [2.24, 2.45) is 0 Å². The van der Waals surface area contributed by atoms with Crippen LogP contribution < -0.4 is 5.32 Å². The summed E-state index contributed by atoms with van der Waals surface area (Å²) in [4.78, 5) is 9.38. The molecule has 0 fully saturated rings. The molecule has 0 saturated carbocycles. The van der Waals surface area contributed by atoms with Crippen LogP contribution in [0.5, 0.6) is 0 Å². The second kappa shape index (κ2) is 6.02. The molecule has 20 heavy (non-hydrogen) atoms. The van der Waals surface area contributed by atoms with E-state index in [1.807, 2.05) is 6.20 Å². The van der Waals surface area contributed by atoms with Crippen LogP contribution in [0.3, 0.4) is 0 Å². The van der Waals surface area contributed by atoms with Gasteiger partial charge in [-0.1, -0.05) is 13.0 Å². The summed E-state index contributed by atoms with van der Waals surface area (Å²) in [7, 11) is 0. The van der Waals surface area contributed by atoms with Crippen LogP contribution in [0.4, 0.5) is 0 Å². The normalized spacial score (nSPS) is 19.6. The van der Waals surface area contributed by atoms with Crippen molar-refractivity contribution in [2.45, 2.75) is 45.1 Å². The van der Waals surface area contributed by atoms with Gasteiger partial charge in [-0.15, -0.1) is 11.3 Å². The molecule has 3 rings (SSSR count). The standard InChI is InChI=1S/C16H21N3S/c1-3-17-16(14-10-20-11(2)19-14)13-8-4-6-12-7-5-9-18-15(12)13/h5,7,9-10,13,16-17H,3-4,6,8H2,1-2H3. The summed E-state index contributed by atoms with van der Waals surface area (Å²) in [5.74, 6) is 0.446. The molecule has 4 heteroatoms. The van der Waals surface area contributed by atoms with Crippen molar-refractivity contribution < 1.29 is 0 Å². The van der Waals surface area contributed by atoms with Gasteiger partial charge in [-0.3, -0.25) is 4.98 Å². The van der Waals surface area contributed by atoms with Crippen molar-refractivity contribution in [3.63, 3.8) is 0 Å². The molecule has 2 heterocycles. The summed E-state index contributed by atoms with van der Waals surface area (Å²) >= 11 is 1.73. The van der Waals surface area contributed by atoms with E-state index in [1.54, 1.807) is 11.3 Å². The molecule has 0 radical (unpaired) electrons. The molecule has 1 aliphatic rings. The number of fused-ring (bicyclic) bond motifs is 1. The van der Waals surface area contributed by atoms with Crippen molar-refractivity contribution in [3.05, 3.63) is 45.7 Å². The first-order valence-corrected chi connectivity index (χ1v) is 8.26. The molecule has 2 unspecified atom stereocenters. The smallest absolute Gasteiger partial charge is 0.0898 e. The fourth-order valence-corrected chi connectivity index (χ4v) is 3.81. The van der Waals surface area contributed by atoms with E-state index in [9.17, 15) is 0 Å². The molecule has 2 aromatic rings. The summed E-state index contributed by atoms with van der Waals surface area (Å²) in [6.07, 6.45) is 5.52. The van der Waals surface area contributed by atoms with Crippen LogP contribution in [0.2, 0.25) is 0 Å². The Morgan fingerprint density at radius 3 is 3.15 bits per heavy atom. The van der Waals surface area contributed by atoms with Crippen LogP contribution >= 0.6 is 11.3 Å². The Hall–Kier alpha value is -1.26. The molecule has 0 amide bonds. The molecule has 0 bridgehead atoms. The lowest BCUT2D eigenvalue weighted by molar-refractivity contribution is 0.395. The fraction of sp³-hybridized carbons (Fsp3) is 0.500. The third-order valence-corrected chi connectivity index (χ3v) is 4.81. The van der Waals surface area contributed by atoms with Crippen LogP contribution in [-0.4, -0.2) is 16.5 Å². The highest BCUT2D eigenvalue weighted by Crippen LogP contribution is 2.39. The topological polar surface area (TPSA) is 37.8 Å². The van der Waals surface area contributed by atoms with E-state index in [0.717, 1.165) is 18.0 Å². The van der Waals surface area contributed by atoms with Gasteiger partial charge in [0.1, 0.15) is 0 Å². The molecule has 3 nitrogen and oxygen atoms in total. The predicted octanol–water partition coefficient (Wildman–Crippen LogP) is 3.62. The molecule has 1 N–H and O–H groups in total. The highest BCUT2D eigenvalue weighted by molar-refractivity contribution is 7.09. The highest BCUT2D eigenvalue weighted by atomic mass is 32.1. The maximum absolute atomic E-state index is 4.71. The van der Waals surface area contributed by atoms with Gasteiger partial charge in [0.15, 0.2) is 0 Å². The number of hydrogen-bond acceptors (Lipinski definition) is 4. The summed E-state index contributed by atoms with van der Waals surface area (Å²) in [5, 5.41) is 6.96. The summed E-state index contributed by atoms with van der Waals surface area (Å²) in [5.41, 5.74) is 3.87. The van der Waals surface area contributed by atoms with Crippen LogP contribution in [0.1, 0.15) is 53.7 Å². The lowest BCUT2D eigenvalue weighted by Crippen LogP contribution is -2.30. The molecule has 0 aliphatic heterocycles. The van der Waals surface area contributed by atoms with Crippen molar-refractivity contribution in [1.82, 2.24) is 15.3 Å².